The molecule has 0 bridgehead atoms. The summed E-state index contributed by atoms with van der Waals surface area (Å²) < 4.78 is 0. The number of hydrogen-bond donors (Lipinski definition) is 3. The molecular weight excluding hydrogens is 292 g/mol. The number of urea groups is 1. The maximum atomic E-state index is 12.0. The number of piperidine rings is 2. The first-order chi connectivity index (χ1) is 11.1. The Morgan fingerprint density at radius 3 is 2.35 bits per heavy atom. The molecule has 3 N–H and O–H groups in total. The molecule has 1 saturated carbocycles. The predicted octanol–water partition coefficient (Wildman–Crippen LogP) is 0.617. The zero-order valence-corrected chi connectivity index (χ0v) is 14.4. The third kappa shape index (κ3) is 4.58. The fourth-order valence-corrected chi connectivity index (χ4v) is 3.84. The Morgan fingerprint density at radius 2 is 1.78 bits per heavy atom. The molecular formula is C17H32N4O2. The topological polar surface area (TPSA) is 67.8 Å². The zero-order chi connectivity index (χ0) is 16.3. The lowest BCUT2D eigenvalue weighted by Gasteiger charge is -2.41. The molecule has 3 fully saturated rings. The molecule has 0 aromatic heterocycles. The maximum Gasteiger partial charge on any atom is 0.315 e. The quantitative estimate of drug-likeness (QED) is 0.693. The average Bonchev–Trinajstić information content (AvgIpc) is 3.35. The van der Waals surface area contributed by atoms with Crippen molar-refractivity contribution in [3.05, 3.63) is 0 Å². The van der Waals surface area contributed by atoms with E-state index in [0.29, 0.717) is 12.6 Å². The first-order valence-corrected chi connectivity index (χ1v) is 9.18. The number of rotatable bonds is 5. The minimum atomic E-state index is -0.0672. The molecule has 0 spiro atoms. The van der Waals surface area contributed by atoms with Crippen molar-refractivity contribution in [2.75, 3.05) is 46.4 Å². The molecule has 0 aromatic rings. The third-order valence-corrected chi connectivity index (χ3v) is 5.99. The van der Waals surface area contributed by atoms with Crippen molar-refractivity contribution < 1.29 is 9.90 Å². The summed E-state index contributed by atoms with van der Waals surface area (Å²) in [5.74, 6) is 0. The van der Waals surface area contributed by atoms with Crippen LogP contribution in [0.2, 0.25) is 0 Å². The van der Waals surface area contributed by atoms with Crippen LogP contribution in [0.4, 0.5) is 4.79 Å². The number of amides is 2. The number of nitrogens with zero attached hydrogens (tertiary/aromatic N) is 2. The second-order valence-electron chi connectivity index (χ2n) is 7.83. The monoisotopic (exact) mass is 324 g/mol. The van der Waals surface area contributed by atoms with E-state index in [0.717, 1.165) is 44.8 Å². The Morgan fingerprint density at radius 1 is 1.13 bits per heavy atom. The third-order valence-electron chi connectivity index (χ3n) is 5.99. The van der Waals surface area contributed by atoms with Crippen LogP contribution in [0, 0.1) is 5.41 Å². The van der Waals surface area contributed by atoms with Crippen LogP contribution < -0.4 is 10.6 Å². The molecule has 0 radical (unpaired) electrons. The van der Waals surface area contributed by atoms with E-state index in [2.05, 4.69) is 27.5 Å². The van der Waals surface area contributed by atoms with Gasteiger partial charge in [0.2, 0.25) is 0 Å². The molecule has 3 rings (SSSR count). The van der Waals surface area contributed by atoms with Crippen molar-refractivity contribution in [2.24, 2.45) is 5.41 Å². The van der Waals surface area contributed by atoms with Gasteiger partial charge in [0.15, 0.2) is 0 Å². The van der Waals surface area contributed by atoms with E-state index < -0.39 is 0 Å². The highest BCUT2D eigenvalue weighted by molar-refractivity contribution is 5.74. The number of aliphatic hydroxyl groups excluding tert-OH is 1. The van der Waals surface area contributed by atoms with Crippen molar-refractivity contribution in [3.8, 4) is 0 Å². The average molecular weight is 324 g/mol. The van der Waals surface area contributed by atoms with Gasteiger partial charge in [0.25, 0.3) is 0 Å². The number of nitrogens with one attached hydrogen (secondary N) is 2. The Bertz CT molecular complexity index is 397. The summed E-state index contributed by atoms with van der Waals surface area (Å²) in [7, 11) is 2.20. The van der Waals surface area contributed by atoms with Gasteiger partial charge in [-0.25, -0.2) is 4.79 Å². The molecule has 2 heterocycles. The summed E-state index contributed by atoms with van der Waals surface area (Å²) >= 11 is 0. The van der Waals surface area contributed by atoms with E-state index in [1.807, 2.05) is 0 Å². The Kier molecular flexibility index (Phi) is 5.44. The fourth-order valence-electron chi connectivity index (χ4n) is 3.84. The van der Waals surface area contributed by atoms with Crippen LogP contribution in [-0.2, 0) is 0 Å². The molecule has 0 aromatic carbocycles. The molecule has 23 heavy (non-hydrogen) atoms. The lowest BCUT2D eigenvalue weighted by Crippen LogP contribution is -2.52. The van der Waals surface area contributed by atoms with Gasteiger partial charge in [-0.2, -0.15) is 0 Å². The van der Waals surface area contributed by atoms with Crippen LogP contribution in [0.15, 0.2) is 0 Å². The highest BCUT2D eigenvalue weighted by Gasteiger charge is 2.42. The summed E-state index contributed by atoms with van der Waals surface area (Å²) in [6.45, 7) is 5.39. The lowest BCUT2D eigenvalue weighted by atomic mass is 9.98. The van der Waals surface area contributed by atoms with Crippen molar-refractivity contribution in [1.29, 1.82) is 0 Å². The van der Waals surface area contributed by atoms with Gasteiger partial charge in [0.1, 0.15) is 0 Å². The molecule has 2 aliphatic heterocycles. The normalized spacial score (nSPS) is 26.9. The van der Waals surface area contributed by atoms with E-state index in [1.165, 1.54) is 25.9 Å². The van der Waals surface area contributed by atoms with E-state index in [1.54, 1.807) is 0 Å². The van der Waals surface area contributed by atoms with Crippen molar-refractivity contribution in [2.45, 2.75) is 50.6 Å². The minimum absolute atomic E-state index is 0.0190. The van der Waals surface area contributed by atoms with Crippen molar-refractivity contribution in [1.82, 2.24) is 20.4 Å². The van der Waals surface area contributed by atoms with Gasteiger partial charge < -0.3 is 25.5 Å². The SMILES string of the molecule is CN1CCC(N2CCC(NC(=O)NCC3(CO)CC3)CC2)CC1. The number of carbonyl (C=O) groups is 1. The fraction of sp³-hybridized carbons (Fsp3) is 0.941. The molecule has 3 aliphatic rings. The first kappa shape index (κ1) is 17.0. The number of likely N-dealkylation sites (tertiary alicyclic amines) is 2. The van der Waals surface area contributed by atoms with Gasteiger partial charge in [-0.15, -0.1) is 0 Å². The Hall–Kier alpha value is -0.850. The van der Waals surface area contributed by atoms with Gasteiger partial charge in [-0.1, -0.05) is 0 Å². The summed E-state index contributed by atoms with van der Waals surface area (Å²) in [4.78, 5) is 17.0. The Balaban J connectivity index is 1.33. The predicted molar refractivity (Wildman–Crippen MR) is 90.4 cm³/mol. The van der Waals surface area contributed by atoms with Crippen molar-refractivity contribution >= 4 is 6.03 Å². The van der Waals surface area contributed by atoms with E-state index in [4.69, 9.17) is 0 Å². The summed E-state index contributed by atoms with van der Waals surface area (Å²) in [5, 5.41) is 15.3. The van der Waals surface area contributed by atoms with E-state index in [-0.39, 0.29) is 18.1 Å². The standard InChI is InChI=1S/C17H32N4O2/c1-20-8-4-15(5-9-20)21-10-2-14(3-11-21)19-16(23)18-12-17(13-22)6-7-17/h14-15,22H,2-13H2,1H3,(H2,18,19,23). The van der Waals surface area contributed by atoms with Crippen molar-refractivity contribution in [3.63, 3.8) is 0 Å². The highest BCUT2D eigenvalue weighted by atomic mass is 16.3. The van der Waals surface area contributed by atoms with E-state index >= 15 is 0 Å². The second kappa shape index (κ2) is 7.36. The largest absolute Gasteiger partial charge is 0.396 e. The van der Waals surface area contributed by atoms with Crippen LogP contribution in [0.5, 0.6) is 0 Å². The number of aliphatic hydroxyl groups is 1. The molecule has 132 valence electrons. The van der Waals surface area contributed by atoms with Crippen LogP contribution in [0.1, 0.15) is 38.5 Å². The smallest absolute Gasteiger partial charge is 0.315 e. The Labute approximate surface area is 139 Å². The first-order valence-electron chi connectivity index (χ1n) is 9.18. The van der Waals surface area contributed by atoms with E-state index in [9.17, 15) is 9.90 Å². The lowest BCUT2D eigenvalue weighted by molar-refractivity contribution is 0.0933. The molecule has 1 aliphatic carbocycles. The number of hydrogen-bond acceptors (Lipinski definition) is 4. The van der Waals surface area contributed by atoms with Crippen LogP contribution in [-0.4, -0.2) is 79.4 Å². The summed E-state index contributed by atoms with van der Waals surface area (Å²) in [5.41, 5.74) is -0.0190. The van der Waals surface area contributed by atoms with Gasteiger partial charge in [0.05, 0.1) is 6.61 Å². The molecule has 2 amide bonds. The van der Waals surface area contributed by atoms with Gasteiger partial charge >= 0.3 is 6.03 Å². The summed E-state index contributed by atoms with van der Waals surface area (Å²) in [6, 6.07) is 0.963. The van der Waals surface area contributed by atoms with Crippen LogP contribution in [0.25, 0.3) is 0 Å². The van der Waals surface area contributed by atoms with Gasteiger partial charge in [-0.05, 0) is 58.7 Å². The van der Waals surface area contributed by atoms with Gasteiger partial charge in [-0.3, -0.25) is 0 Å². The molecule has 0 unspecified atom stereocenters. The number of carbonyl (C=O) groups excluding carboxylic acids is 1. The van der Waals surface area contributed by atoms with Gasteiger partial charge in [0, 0.05) is 37.1 Å². The molecule has 2 saturated heterocycles. The molecule has 6 heteroatoms. The highest BCUT2D eigenvalue weighted by Crippen LogP contribution is 2.44. The molecule has 0 atom stereocenters. The van der Waals surface area contributed by atoms with Crippen LogP contribution >= 0.6 is 0 Å². The van der Waals surface area contributed by atoms with Crippen LogP contribution in [0.3, 0.4) is 0 Å². The summed E-state index contributed by atoms with van der Waals surface area (Å²) in [6.07, 6.45) is 6.70. The zero-order valence-electron chi connectivity index (χ0n) is 14.4. The minimum Gasteiger partial charge on any atom is -0.396 e. The maximum absolute atomic E-state index is 12.0. The molecule has 6 nitrogen and oxygen atoms in total. The second-order valence-corrected chi connectivity index (χ2v) is 7.83.